The highest BCUT2D eigenvalue weighted by Crippen LogP contribution is 2.55. The lowest BCUT2D eigenvalue weighted by molar-refractivity contribution is -0.123. The molecule has 1 aromatic heterocycles. The van der Waals surface area contributed by atoms with Crippen LogP contribution >= 0.6 is 23.1 Å². The number of rotatable bonds is 4. The number of fused-ring (bicyclic) bond motifs is 2. The van der Waals surface area contributed by atoms with Crippen molar-refractivity contribution in [1.29, 1.82) is 0 Å². The monoisotopic (exact) mass is 492 g/mol. The van der Waals surface area contributed by atoms with Crippen molar-refractivity contribution in [2.24, 2.45) is 0 Å². The van der Waals surface area contributed by atoms with E-state index in [1.54, 1.807) is 12.0 Å². The lowest BCUT2D eigenvalue weighted by atomic mass is 9.87. The van der Waals surface area contributed by atoms with Crippen molar-refractivity contribution in [3.8, 4) is 5.75 Å². The van der Waals surface area contributed by atoms with Crippen molar-refractivity contribution in [1.82, 2.24) is 4.90 Å². The molecule has 7 heteroatoms. The molecule has 3 aromatic rings. The van der Waals surface area contributed by atoms with E-state index in [9.17, 15) is 9.59 Å². The van der Waals surface area contributed by atoms with Crippen LogP contribution in [-0.4, -0.2) is 36.1 Å². The molecule has 5 rings (SSSR count). The van der Waals surface area contributed by atoms with Gasteiger partial charge in [-0.1, -0.05) is 51.1 Å². The average Bonchev–Trinajstić information content (AvgIpc) is 3.56. The predicted octanol–water partition coefficient (Wildman–Crippen LogP) is 5.64. The van der Waals surface area contributed by atoms with Gasteiger partial charge in [0.05, 0.1) is 24.2 Å². The van der Waals surface area contributed by atoms with Crippen molar-refractivity contribution in [2.75, 3.05) is 24.3 Å². The van der Waals surface area contributed by atoms with Crippen LogP contribution in [0, 0.1) is 0 Å². The first-order chi connectivity index (χ1) is 16.3. The topological polar surface area (TPSA) is 49.9 Å². The average molecular weight is 493 g/mol. The molecule has 0 radical (unpaired) electrons. The molecule has 34 heavy (non-hydrogen) atoms. The standard InChI is InChI=1S/C27H28N2O3S2/c1-26(2,3)19-9-7-18(8-10-19)17-28-22-12-11-20(32-4)16-21(22)27(25(28)31)29(13-15-34-27)24(30)23-6-5-14-33-23/h5-12,14,16H,13,15,17H2,1-4H3. The number of anilines is 1. The van der Waals surface area contributed by atoms with Gasteiger partial charge in [-0.25, -0.2) is 0 Å². The highest BCUT2D eigenvalue weighted by Gasteiger charge is 2.59. The Labute approximate surface area is 208 Å². The van der Waals surface area contributed by atoms with Crippen LogP contribution in [0.1, 0.15) is 47.1 Å². The van der Waals surface area contributed by atoms with Crippen LogP contribution in [0.3, 0.4) is 0 Å². The molecule has 1 fully saturated rings. The van der Waals surface area contributed by atoms with Gasteiger partial charge < -0.3 is 14.5 Å². The number of hydrogen-bond acceptors (Lipinski definition) is 5. The first-order valence-corrected chi connectivity index (χ1v) is 13.2. The highest BCUT2D eigenvalue weighted by atomic mass is 32.2. The molecular formula is C27H28N2O3S2. The van der Waals surface area contributed by atoms with E-state index in [0.29, 0.717) is 29.5 Å². The van der Waals surface area contributed by atoms with E-state index in [-0.39, 0.29) is 17.2 Å². The Hall–Kier alpha value is -2.77. The quantitative estimate of drug-likeness (QED) is 0.473. The smallest absolute Gasteiger partial charge is 0.268 e. The molecule has 0 N–H and O–H groups in total. The van der Waals surface area contributed by atoms with Gasteiger partial charge in [-0.05, 0) is 46.2 Å². The molecule has 2 amide bonds. The maximum atomic E-state index is 14.2. The molecule has 5 nitrogen and oxygen atoms in total. The van der Waals surface area contributed by atoms with E-state index >= 15 is 0 Å². The SMILES string of the molecule is COc1ccc2c(c1)C1(SCCN1C(=O)c1cccs1)C(=O)N2Cc1ccc(C(C)(C)C)cc1. The van der Waals surface area contributed by atoms with E-state index in [4.69, 9.17) is 4.74 Å². The third-order valence-electron chi connectivity index (χ3n) is 6.54. The van der Waals surface area contributed by atoms with E-state index in [1.807, 2.05) is 40.6 Å². The Bertz CT molecular complexity index is 1230. The van der Waals surface area contributed by atoms with Gasteiger partial charge in [0, 0.05) is 17.9 Å². The van der Waals surface area contributed by atoms with Gasteiger partial charge in [-0.2, -0.15) is 0 Å². The summed E-state index contributed by atoms with van der Waals surface area (Å²) < 4.78 is 5.50. The van der Waals surface area contributed by atoms with Crippen molar-refractivity contribution >= 4 is 40.6 Å². The molecule has 1 saturated heterocycles. The summed E-state index contributed by atoms with van der Waals surface area (Å²) in [7, 11) is 1.62. The van der Waals surface area contributed by atoms with Gasteiger partial charge in [-0.3, -0.25) is 9.59 Å². The van der Waals surface area contributed by atoms with E-state index in [1.165, 1.54) is 28.7 Å². The van der Waals surface area contributed by atoms with Crippen LogP contribution in [0.25, 0.3) is 0 Å². The fourth-order valence-corrected chi connectivity index (χ4v) is 6.83. The second-order valence-electron chi connectivity index (χ2n) is 9.65. The zero-order chi connectivity index (χ0) is 24.1. The third-order valence-corrected chi connectivity index (χ3v) is 8.82. The Kier molecular flexibility index (Phi) is 5.73. The molecule has 3 heterocycles. The van der Waals surface area contributed by atoms with Gasteiger partial charge in [0.2, 0.25) is 0 Å². The summed E-state index contributed by atoms with van der Waals surface area (Å²) in [5.74, 6) is 1.22. The lowest BCUT2D eigenvalue weighted by Gasteiger charge is -2.33. The van der Waals surface area contributed by atoms with Crippen LogP contribution in [-0.2, 0) is 21.6 Å². The Morgan fingerprint density at radius 1 is 1.12 bits per heavy atom. The first kappa shape index (κ1) is 23.0. The summed E-state index contributed by atoms with van der Waals surface area (Å²) >= 11 is 2.95. The molecule has 1 spiro atoms. The second kappa shape index (κ2) is 8.47. The molecule has 176 valence electrons. The number of hydrogen-bond donors (Lipinski definition) is 0. The predicted molar refractivity (Wildman–Crippen MR) is 139 cm³/mol. The third kappa shape index (κ3) is 3.62. The molecule has 1 atom stereocenters. The van der Waals surface area contributed by atoms with E-state index < -0.39 is 4.87 Å². The Morgan fingerprint density at radius 3 is 2.53 bits per heavy atom. The minimum Gasteiger partial charge on any atom is -0.497 e. The number of nitrogens with zero attached hydrogens (tertiary/aromatic N) is 2. The Morgan fingerprint density at radius 2 is 1.88 bits per heavy atom. The number of thiophene rings is 1. The lowest BCUT2D eigenvalue weighted by Crippen LogP contribution is -2.50. The van der Waals surface area contributed by atoms with Crippen molar-refractivity contribution in [3.63, 3.8) is 0 Å². The number of carbonyl (C=O) groups is 2. The molecular weight excluding hydrogens is 464 g/mol. The fourth-order valence-electron chi connectivity index (χ4n) is 4.70. The number of thioether (sulfide) groups is 1. The number of amides is 2. The van der Waals surface area contributed by atoms with Gasteiger partial charge in [0.1, 0.15) is 5.75 Å². The van der Waals surface area contributed by atoms with E-state index in [0.717, 1.165) is 16.8 Å². The fraction of sp³-hybridized carbons (Fsp3) is 0.333. The van der Waals surface area contributed by atoms with Crippen LogP contribution in [0.5, 0.6) is 5.75 Å². The summed E-state index contributed by atoms with van der Waals surface area (Å²) in [6, 6.07) is 17.9. The summed E-state index contributed by atoms with van der Waals surface area (Å²) in [6.07, 6.45) is 0. The number of carbonyl (C=O) groups excluding carboxylic acids is 2. The molecule has 0 aliphatic carbocycles. The Balaban J connectivity index is 1.56. The molecule has 0 bridgehead atoms. The number of methoxy groups -OCH3 is 1. The van der Waals surface area contributed by atoms with Crippen LogP contribution in [0.15, 0.2) is 60.0 Å². The molecule has 2 aromatic carbocycles. The molecule has 1 unspecified atom stereocenters. The second-order valence-corrected chi connectivity index (χ2v) is 11.9. The zero-order valence-corrected chi connectivity index (χ0v) is 21.5. The number of benzene rings is 2. The van der Waals surface area contributed by atoms with Gasteiger partial charge >= 0.3 is 0 Å². The molecule has 2 aliphatic heterocycles. The van der Waals surface area contributed by atoms with E-state index in [2.05, 4.69) is 45.0 Å². The minimum absolute atomic E-state index is 0.0666. The van der Waals surface area contributed by atoms with Crippen molar-refractivity contribution < 1.29 is 14.3 Å². The summed E-state index contributed by atoms with van der Waals surface area (Å²) in [4.78, 5) is 30.8. The van der Waals surface area contributed by atoms with Crippen LogP contribution in [0.2, 0.25) is 0 Å². The molecule has 2 aliphatic rings. The maximum absolute atomic E-state index is 14.2. The van der Waals surface area contributed by atoms with Gasteiger partial charge in [0.25, 0.3) is 11.8 Å². The van der Waals surface area contributed by atoms with Crippen LogP contribution < -0.4 is 9.64 Å². The largest absolute Gasteiger partial charge is 0.497 e. The maximum Gasteiger partial charge on any atom is 0.268 e. The number of ether oxygens (including phenoxy) is 1. The molecule has 0 saturated carbocycles. The van der Waals surface area contributed by atoms with Crippen LogP contribution in [0.4, 0.5) is 5.69 Å². The first-order valence-electron chi connectivity index (χ1n) is 11.3. The summed E-state index contributed by atoms with van der Waals surface area (Å²) in [5, 5.41) is 1.89. The minimum atomic E-state index is -1.07. The summed E-state index contributed by atoms with van der Waals surface area (Å²) in [6.45, 7) is 7.55. The van der Waals surface area contributed by atoms with Crippen molar-refractivity contribution in [3.05, 3.63) is 81.5 Å². The van der Waals surface area contributed by atoms with Gasteiger partial charge in [-0.15, -0.1) is 23.1 Å². The van der Waals surface area contributed by atoms with Gasteiger partial charge in [0.15, 0.2) is 4.87 Å². The van der Waals surface area contributed by atoms with Crippen molar-refractivity contribution in [2.45, 2.75) is 37.6 Å². The summed E-state index contributed by atoms with van der Waals surface area (Å²) in [5.41, 5.74) is 4.04. The zero-order valence-electron chi connectivity index (χ0n) is 19.8. The normalized spacial score (nSPS) is 19.7. The highest BCUT2D eigenvalue weighted by molar-refractivity contribution is 8.01.